The molecule has 110 valence electrons. The second-order valence-electron chi connectivity index (χ2n) is 4.76. The van der Waals surface area contributed by atoms with Crippen molar-refractivity contribution in [3.63, 3.8) is 0 Å². The first-order valence-electron chi connectivity index (χ1n) is 5.95. The topological polar surface area (TPSA) is 75.3 Å². The molecule has 20 heavy (non-hydrogen) atoms. The van der Waals surface area contributed by atoms with Crippen LogP contribution in [-0.4, -0.2) is 37.4 Å². The molecule has 2 atom stereocenters. The van der Waals surface area contributed by atoms with Crippen LogP contribution in [0.3, 0.4) is 0 Å². The third-order valence-corrected chi connectivity index (χ3v) is 5.81. The molecule has 1 saturated heterocycles. The van der Waals surface area contributed by atoms with Crippen molar-refractivity contribution in [2.45, 2.75) is 18.3 Å². The number of hydrogen-bond donors (Lipinski definition) is 2. The molecule has 2 N–H and O–H groups in total. The summed E-state index contributed by atoms with van der Waals surface area (Å²) in [5.74, 6) is -0.251. The van der Waals surface area contributed by atoms with Crippen molar-refractivity contribution in [1.29, 1.82) is 0 Å². The number of rotatable bonds is 2. The number of aryl methyl sites for hydroxylation is 1. The summed E-state index contributed by atoms with van der Waals surface area (Å²) >= 11 is 11.9. The maximum atomic E-state index is 11.8. The Kier molecular flexibility index (Phi) is 4.46. The number of urea groups is 1. The molecule has 0 radical (unpaired) electrons. The molecule has 1 aromatic carbocycles. The molecule has 0 aliphatic carbocycles. The first-order chi connectivity index (χ1) is 9.27. The second kappa shape index (κ2) is 5.79. The van der Waals surface area contributed by atoms with E-state index >= 15 is 0 Å². The van der Waals surface area contributed by atoms with E-state index in [9.17, 15) is 13.2 Å². The number of carbonyl (C=O) groups excluding carboxylic acids is 1. The van der Waals surface area contributed by atoms with Crippen LogP contribution in [0, 0.1) is 6.92 Å². The Labute approximate surface area is 127 Å². The van der Waals surface area contributed by atoms with Crippen molar-refractivity contribution < 1.29 is 13.2 Å². The lowest BCUT2D eigenvalue weighted by atomic mass is 10.2. The molecule has 1 heterocycles. The van der Waals surface area contributed by atoms with Gasteiger partial charge in [0.2, 0.25) is 0 Å². The molecule has 1 aliphatic rings. The Morgan fingerprint density at radius 3 is 2.60 bits per heavy atom. The van der Waals surface area contributed by atoms with Crippen molar-refractivity contribution in [2.75, 3.05) is 16.8 Å². The molecule has 2 unspecified atom stereocenters. The van der Waals surface area contributed by atoms with Crippen molar-refractivity contribution in [3.05, 3.63) is 28.8 Å². The molecule has 1 fully saturated rings. The number of hydrogen-bond acceptors (Lipinski definition) is 3. The summed E-state index contributed by atoms with van der Waals surface area (Å²) in [6.45, 7) is 1.85. The molecule has 8 heteroatoms. The van der Waals surface area contributed by atoms with Gasteiger partial charge in [0.15, 0.2) is 9.84 Å². The molecule has 1 aromatic rings. The van der Waals surface area contributed by atoms with Crippen molar-refractivity contribution >= 4 is 44.8 Å². The Bertz CT molecular complexity index is 634. The van der Waals surface area contributed by atoms with Gasteiger partial charge in [0.25, 0.3) is 0 Å². The normalized spacial score (nSPS) is 24.4. The highest BCUT2D eigenvalue weighted by atomic mass is 35.5. The highest BCUT2D eigenvalue weighted by molar-refractivity contribution is 7.91. The number of alkyl halides is 1. The van der Waals surface area contributed by atoms with Gasteiger partial charge in [-0.25, -0.2) is 13.2 Å². The third-order valence-electron chi connectivity index (χ3n) is 3.03. The van der Waals surface area contributed by atoms with Crippen LogP contribution in [0.15, 0.2) is 18.2 Å². The summed E-state index contributed by atoms with van der Waals surface area (Å²) in [7, 11) is -3.17. The number of sulfone groups is 1. The van der Waals surface area contributed by atoms with E-state index in [-0.39, 0.29) is 11.5 Å². The van der Waals surface area contributed by atoms with Gasteiger partial charge in [0.1, 0.15) is 0 Å². The molecule has 0 bridgehead atoms. The minimum atomic E-state index is -3.17. The summed E-state index contributed by atoms with van der Waals surface area (Å²) in [5.41, 5.74) is 1.44. The maximum absolute atomic E-state index is 11.8. The van der Waals surface area contributed by atoms with Crippen LogP contribution in [-0.2, 0) is 9.84 Å². The smallest absolute Gasteiger partial charge is 0.319 e. The lowest BCUT2D eigenvalue weighted by Gasteiger charge is -2.15. The average Bonchev–Trinajstić information content (AvgIpc) is 2.57. The fourth-order valence-electron chi connectivity index (χ4n) is 1.94. The van der Waals surface area contributed by atoms with E-state index in [1.807, 2.05) is 6.92 Å². The standard InChI is InChI=1S/C12H14Cl2N2O3S/c1-7-2-3-8(4-9(7)13)15-12(17)16-11-6-20(18,19)5-10(11)14/h2-4,10-11H,5-6H2,1H3,(H2,15,16,17). The van der Waals surface area contributed by atoms with E-state index in [2.05, 4.69) is 10.6 Å². The third kappa shape index (κ3) is 3.77. The lowest BCUT2D eigenvalue weighted by Crippen LogP contribution is -2.42. The van der Waals surface area contributed by atoms with E-state index in [1.54, 1.807) is 18.2 Å². The molecule has 0 aromatic heterocycles. The van der Waals surface area contributed by atoms with Crippen LogP contribution in [0.2, 0.25) is 5.02 Å². The first kappa shape index (κ1) is 15.4. The number of nitrogens with one attached hydrogen (secondary N) is 2. The molecule has 0 saturated carbocycles. The Morgan fingerprint density at radius 2 is 2.05 bits per heavy atom. The SMILES string of the molecule is Cc1ccc(NC(=O)NC2CS(=O)(=O)CC2Cl)cc1Cl. The Morgan fingerprint density at radius 1 is 1.35 bits per heavy atom. The monoisotopic (exact) mass is 336 g/mol. The zero-order chi connectivity index (χ0) is 14.9. The van der Waals surface area contributed by atoms with Crippen molar-refractivity contribution in [3.8, 4) is 0 Å². The van der Waals surface area contributed by atoms with Gasteiger partial charge in [-0.1, -0.05) is 17.7 Å². The zero-order valence-corrected chi connectivity index (χ0v) is 13.0. The minimum absolute atomic E-state index is 0.115. The lowest BCUT2D eigenvalue weighted by molar-refractivity contribution is 0.249. The van der Waals surface area contributed by atoms with Crippen LogP contribution in [0.4, 0.5) is 10.5 Å². The van der Waals surface area contributed by atoms with Crippen LogP contribution >= 0.6 is 23.2 Å². The van der Waals surface area contributed by atoms with Gasteiger partial charge in [-0.05, 0) is 24.6 Å². The van der Waals surface area contributed by atoms with Gasteiger partial charge >= 0.3 is 6.03 Å². The number of anilines is 1. The van der Waals surface area contributed by atoms with Gasteiger partial charge < -0.3 is 10.6 Å². The molecule has 0 spiro atoms. The summed E-state index contributed by atoms with van der Waals surface area (Å²) in [4.78, 5) is 11.8. The average molecular weight is 337 g/mol. The minimum Gasteiger partial charge on any atom is -0.333 e. The summed E-state index contributed by atoms with van der Waals surface area (Å²) < 4.78 is 22.8. The fraction of sp³-hybridized carbons (Fsp3) is 0.417. The molecular weight excluding hydrogens is 323 g/mol. The zero-order valence-electron chi connectivity index (χ0n) is 10.7. The van der Waals surface area contributed by atoms with Gasteiger partial charge in [-0.15, -0.1) is 11.6 Å². The van der Waals surface area contributed by atoms with Gasteiger partial charge in [-0.3, -0.25) is 0 Å². The molecule has 5 nitrogen and oxygen atoms in total. The molecular formula is C12H14Cl2N2O3S. The van der Waals surface area contributed by atoms with Gasteiger partial charge in [0, 0.05) is 10.7 Å². The van der Waals surface area contributed by atoms with Crippen molar-refractivity contribution in [1.82, 2.24) is 5.32 Å². The summed E-state index contributed by atoms with van der Waals surface area (Å²) in [5, 5.41) is 5.10. The van der Waals surface area contributed by atoms with Crippen LogP contribution in [0.5, 0.6) is 0 Å². The maximum Gasteiger partial charge on any atom is 0.319 e. The highest BCUT2D eigenvalue weighted by Gasteiger charge is 2.37. The number of halogens is 2. The van der Waals surface area contributed by atoms with Crippen LogP contribution in [0.25, 0.3) is 0 Å². The van der Waals surface area contributed by atoms with E-state index in [0.717, 1.165) is 5.56 Å². The van der Waals surface area contributed by atoms with Gasteiger partial charge in [-0.2, -0.15) is 0 Å². The summed E-state index contributed by atoms with van der Waals surface area (Å²) in [6, 6.07) is 4.03. The number of amides is 2. The predicted molar refractivity (Wildman–Crippen MR) is 80.4 cm³/mol. The fourth-order valence-corrected chi connectivity index (χ4v) is 4.67. The second-order valence-corrected chi connectivity index (χ2v) is 7.88. The Balaban J connectivity index is 1.97. The van der Waals surface area contributed by atoms with E-state index < -0.39 is 27.3 Å². The number of benzene rings is 1. The highest BCUT2D eigenvalue weighted by Crippen LogP contribution is 2.21. The van der Waals surface area contributed by atoms with Crippen molar-refractivity contribution in [2.24, 2.45) is 0 Å². The van der Waals surface area contributed by atoms with E-state index in [1.165, 1.54) is 0 Å². The van der Waals surface area contributed by atoms with Crippen LogP contribution < -0.4 is 10.6 Å². The summed E-state index contributed by atoms with van der Waals surface area (Å²) in [6.07, 6.45) is 0. The number of carbonyl (C=O) groups is 1. The Hall–Kier alpha value is -0.980. The van der Waals surface area contributed by atoms with E-state index in [0.29, 0.717) is 10.7 Å². The molecule has 2 rings (SSSR count). The van der Waals surface area contributed by atoms with E-state index in [4.69, 9.17) is 23.2 Å². The van der Waals surface area contributed by atoms with Gasteiger partial charge in [0.05, 0.1) is 22.9 Å². The quantitative estimate of drug-likeness (QED) is 0.812. The first-order valence-corrected chi connectivity index (χ1v) is 8.58. The van der Waals surface area contributed by atoms with Crippen LogP contribution in [0.1, 0.15) is 5.56 Å². The largest absolute Gasteiger partial charge is 0.333 e. The molecule has 1 aliphatic heterocycles. The molecule has 2 amide bonds. The predicted octanol–water partition coefficient (Wildman–Crippen LogP) is 2.17.